The molecule has 2 rings (SSSR count). The number of aromatic nitrogens is 1. The highest BCUT2D eigenvalue weighted by Gasteiger charge is 2.29. The molecule has 0 spiro atoms. The number of piperidine rings is 1. The molecule has 2 N–H and O–H groups in total. The van der Waals surface area contributed by atoms with E-state index in [2.05, 4.69) is 30.7 Å². The number of hydrogen-bond acceptors (Lipinski definition) is 3. The molecule has 4 heteroatoms. The van der Waals surface area contributed by atoms with E-state index in [0.717, 1.165) is 30.4 Å². The molecule has 0 amide bonds. The maximum atomic E-state index is 5.68. The van der Waals surface area contributed by atoms with E-state index in [1.165, 1.54) is 12.8 Å². The lowest BCUT2D eigenvalue weighted by molar-refractivity contribution is 0.198. The fourth-order valence-corrected chi connectivity index (χ4v) is 2.85. The summed E-state index contributed by atoms with van der Waals surface area (Å²) in [7, 11) is 0. The number of rotatable bonds is 2. The number of thiocarbonyl (C=S) groups is 1. The van der Waals surface area contributed by atoms with Crippen LogP contribution in [0.25, 0.3) is 0 Å². The lowest BCUT2D eigenvalue weighted by atomic mass is 9.75. The first-order chi connectivity index (χ1) is 8.88. The van der Waals surface area contributed by atoms with E-state index in [1.807, 2.05) is 12.1 Å². The third kappa shape index (κ3) is 3.44. The zero-order valence-corrected chi connectivity index (χ0v) is 12.8. The molecule has 2 heterocycles. The third-order valence-electron chi connectivity index (χ3n) is 4.07. The minimum atomic E-state index is 0.403. The molecule has 1 fully saturated rings. The first-order valence-corrected chi connectivity index (χ1v) is 7.29. The SMILES string of the molecule is CC(C)(C)C1CCN(c2cc(C(N)=S)ccn2)CC1. The molecular formula is C15H23N3S. The van der Waals surface area contributed by atoms with Crippen molar-refractivity contribution in [2.45, 2.75) is 33.6 Å². The molecule has 0 atom stereocenters. The molecule has 1 aromatic rings. The molecule has 0 radical (unpaired) electrons. The summed E-state index contributed by atoms with van der Waals surface area (Å²) in [5.74, 6) is 1.79. The van der Waals surface area contributed by atoms with E-state index in [9.17, 15) is 0 Å². The Morgan fingerprint density at radius 1 is 1.37 bits per heavy atom. The van der Waals surface area contributed by atoms with Gasteiger partial charge in [0.15, 0.2) is 0 Å². The van der Waals surface area contributed by atoms with Gasteiger partial charge in [0.25, 0.3) is 0 Å². The number of hydrogen-bond donors (Lipinski definition) is 1. The predicted octanol–water partition coefficient (Wildman–Crippen LogP) is 2.98. The van der Waals surface area contributed by atoms with Crippen LogP contribution in [0.1, 0.15) is 39.2 Å². The highest BCUT2D eigenvalue weighted by Crippen LogP contribution is 2.35. The topological polar surface area (TPSA) is 42.1 Å². The van der Waals surface area contributed by atoms with Gasteiger partial charge in [-0.05, 0) is 36.3 Å². The van der Waals surface area contributed by atoms with Crippen LogP contribution in [0.4, 0.5) is 5.82 Å². The van der Waals surface area contributed by atoms with Crippen LogP contribution in [-0.2, 0) is 0 Å². The van der Waals surface area contributed by atoms with Crippen LogP contribution in [0.2, 0.25) is 0 Å². The van der Waals surface area contributed by atoms with Gasteiger partial charge < -0.3 is 10.6 Å². The average Bonchev–Trinajstić information content (AvgIpc) is 2.38. The van der Waals surface area contributed by atoms with Crippen molar-refractivity contribution in [1.82, 2.24) is 4.98 Å². The van der Waals surface area contributed by atoms with Crippen molar-refractivity contribution in [3.8, 4) is 0 Å². The molecule has 0 aromatic carbocycles. The molecule has 1 aliphatic heterocycles. The molecule has 1 saturated heterocycles. The number of anilines is 1. The minimum Gasteiger partial charge on any atom is -0.389 e. The lowest BCUT2D eigenvalue weighted by Crippen LogP contribution is -2.38. The standard InChI is InChI=1S/C15H23N3S/c1-15(2,3)12-5-8-18(9-6-12)13-10-11(14(16)19)4-7-17-13/h4,7,10,12H,5-6,8-9H2,1-3H3,(H2,16,19). The van der Waals surface area contributed by atoms with Gasteiger partial charge in [-0.3, -0.25) is 0 Å². The Balaban J connectivity index is 2.05. The predicted molar refractivity (Wildman–Crippen MR) is 84.5 cm³/mol. The van der Waals surface area contributed by atoms with Crippen LogP contribution in [0, 0.1) is 11.3 Å². The van der Waals surface area contributed by atoms with Crippen molar-refractivity contribution in [3.05, 3.63) is 23.9 Å². The van der Waals surface area contributed by atoms with Gasteiger partial charge in [-0.25, -0.2) is 4.98 Å². The zero-order chi connectivity index (χ0) is 14.0. The molecule has 104 valence electrons. The van der Waals surface area contributed by atoms with E-state index in [-0.39, 0.29) is 0 Å². The van der Waals surface area contributed by atoms with Gasteiger partial charge in [0.1, 0.15) is 10.8 Å². The van der Waals surface area contributed by atoms with Crippen molar-refractivity contribution >= 4 is 23.0 Å². The molecule has 3 nitrogen and oxygen atoms in total. The Hall–Kier alpha value is -1.16. The monoisotopic (exact) mass is 277 g/mol. The van der Waals surface area contributed by atoms with Crippen LogP contribution < -0.4 is 10.6 Å². The Bertz CT molecular complexity index is 457. The van der Waals surface area contributed by atoms with E-state index < -0.39 is 0 Å². The second kappa shape index (κ2) is 5.45. The molecular weight excluding hydrogens is 254 g/mol. The van der Waals surface area contributed by atoms with E-state index in [4.69, 9.17) is 18.0 Å². The van der Waals surface area contributed by atoms with Gasteiger partial charge >= 0.3 is 0 Å². The van der Waals surface area contributed by atoms with Gasteiger partial charge in [-0.2, -0.15) is 0 Å². The summed E-state index contributed by atoms with van der Waals surface area (Å²) in [5.41, 5.74) is 6.98. The normalized spacial score (nSPS) is 17.5. The van der Waals surface area contributed by atoms with E-state index in [1.54, 1.807) is 6.20 Å². The number of nitrogens with two attached hydrogens (primary N) is 1. The van der Waals surface area contributed by atoms with Crippen LogP contribution in [0.3, 0.4) is 0 Å². The molecule has 0 aliphatic carbocycles. The Kier molecular flexibility index (Phi) is 4.09. The lowest BCUT2D eigenvalue weighted by Gasteiger charge is -2.39. The average molecular weight is 277 g/mol. The van der Waals surface area contributed by atoms with Gasteiger partial charge in [0.05, 0.1) is 0 Å². The summed E-state index contributed by atoms with van der Waals surface area (Å²) in [5, 5.41) is 0. The quantitative estimate of drug-likeness (QED) is 0.844. The first kappa shape index (κ1) is 14.3. The smallest absolute Gasteiger partial charge is 0.129 e. The van der Waals surface area contributed by atoms with Crippen LogP contribution in [0.5, 0.6) is 0 Å². The summed E-state index contributed by atoms with van der Waals surface area (Å²) >= 11 is 5.02. The van der Waals surface area contributed by atoms with Gasteiger partial charge in [-0.15, -0.1) is 0 Å². The van der Waals surface area contributed by atoms with Crippen LogP contribution in [0.15, 0.2) is 18.3 Å². The van der Waals surface area contributed by atoms with Gasteiger partial charge in [-0.1, -0.05) is 33.0 Å². The van der Waals surface area contributed by atoms with Crippen molar-refractivity contribution < 1.29 is 0 Å². The summed E-state index contributed by atoms with van der Waals surface area (Å²) in [4.78, 5) is 7.22. The second-order valence-electron chi connectivity index (χ2n) is 6.39. The summed E-state index contributed by atoms with van der Waals surface area (Å²) in [6.07, 6.45) is 4.24. The molecule has 1 aromatic heterocycles. The zero-order valence-electron chi connectivity index (χ0n) is 12.0. The second-order valence-corrected chi connectivity index (χ2v) is 6.83. The Morgan fingerprint density at radius 2 is 2.00 bits per heavy atom. The largest absolute Gasteiger partial charge is 0.389 e. The molecule has 0 saturated carbocycles. The molecule has 1 aliphatic rings. The minimum absolute atomic E-state index is 0.403. The first-order valence-electron chi connectivity index (χ1n) is 6.89. The van der Waals surface area contributed by atoms with Crippen molar-refractivity contribution in [1.29, 1.82) is 0 Å². The Labute approximate surface area is 121 Å². The Morgan fingerprint density at radius 3 is 2.53 bits per heavy atom. The fourth-order valence-electron chi connectivity index (χ4n) is 2.72. The van der Waals surface area contributed by atoms with Crippen molar-refractivity contribution in [3.63, 3.8) is 0 Å². The fraction of sp³-hybridized carbons (Fsp3) is 0.600. The highest BCUT2D eigenvalue weighted by molar-refractivity contribution is 7.80. The van der Waals surface area contributed by atoms with Crippen molar-refractivity contribution in [2.75, 3.05) is 18.0 Å². The molecule has 19 heavy (non-hydrogen) atoms. The number of pyridine rings is 1. The van der Waals surface area contributed by atoms with Gasteiger partial charge in [0, 0.05) is 24.8 Å². The molecule has 0 unspecified atom stereocenters. The van der Waals surface area contributed by atoms with Crippen LogP contribution in [-0.4, -0.2) is 23.1 Å². The highest BCUT2D eigenvalue weighted by atomic mass is 32.1. The maximum Gasteiger partial charge on any atom is 0.129 e. The summed E-state index contributed by atoms with van der Waals surface area (Å²) in [6, 6.07) is 3.87. The third-order valence-corrected chi connectivity index (χ3v) is 4.31. The summed E-state index contributed by atoms with van der Waals surface area (Å²) in [6.45, 7) is 9.13. The van der Waals surface area contributed by atoms with Crippen molar-refractivity contribution in [2.24, 2.45) is 17.1 Å². The maximum absolute atomic E-state index is 5.68. The molecule has 0 bridgehead atoms. The van der Waals surface area contributed by atoms with Gasteiger partial charge in [0.2, 0.25) is 0 Å². The summed E-state index contributed by atoms with van der Waals surface area (Å²) < 4.78 is 0. The van der Waals surface area contributed by atoms with E-state index in [0.29, 0.717) is 10.4 Å². The van der Waals surface area contributed by atoms with E-state index >= 15 is 0 Å². The number of nitrogens with zero attached hydrogens (tertiary/aromatic N) is 2. The van der Waals surface area contributed by atoms with Crippen LogP contribution >= 0.6 is 12.2 Å².